The number of hydrogen-bond donors (Lipinski definition) is 3. The van der Waals surface area contributed by atoms with Crippen LogP contribution in [-0.4, -0.2) is 48.4 Å². The second-order valence-corrected chi connectivity index (χ2v) is 9.91. The number of carbonyl (C=O) groups excluding carboxylic acids is 1. The first-order valence-corrected chi connectivity index (χ1v) is 12.4. The predicted molar refractivity (Wildman–Crippen MR) is 124 cm³/mol. The van der Waals surface area contributed by atoms with Gasteiger partial charge in [0, 0.05) is 23.0 Å². The van der Waals surface area contributed by atoms with E-state index in [0.717, 1.165) is 5.82 Å². The average molecular weight is 496 g/mol. The number of rotatable bonds is 10. The molecule has 0 radical (unpaired) electrons. The summed E-state index contributed by atoms with van der Waals surface area (Å²) in [5.74, 6) is 1.50. The molecule has 0 fully saturated rings. The molecule has 0 saturated carbocycles. The number of benzene rings is 2. The monoisotopic (exact) mass is 495 g/mol. The summed E-state index contributed by atoms with van der Waals surface area (Å²) in [6, 6.07) is 10.8. The van der Waals surface area contributed by atoms with Gasteiger partial charge < -0.3 is 10.1 Å². The van der Waals surface area contributed by atoms with E-state index < -0.39 is 10.0 Å². The normalized spacial score (nSPS) is 11.2. The van der Waals surface area contributed by atoms with Crippen LogP contribution in [0.3, 0.4) is 0 Å². The van der Waals surface area contributed by atoms with Gasteiger partial charge in [0.05, 0.1) is 4.90 Å². The molecule has 0 saturated heterocycles. The van der Waals surface area contributed by atoms with Crippen LogP contribution in [0.2, 0.25) is 5.02 Å². The third-order valence-electron chi connectivity index (χ3n) is 4.14. The third kappa shape index (κ3) is 6.87. The smallest absolute Gasteiger partial charge is 0.261 e. The van der Waals surface area contributed by atoms with E-state index in [2.05, 4.69) is 25.2 Å². The first-order chi connectivity index (χ1) is 15.2. The summed E-state index contributed by atoms with van der Waals surface area (Å²) in [5.41, 5.74) is 0.993. The molecule has 3 rings (SSSR count). The molecule has 1 heterocycles. The van der Waals surface area contributed by atoms with Crippen molar-refractivity contribution in [1.82, 2.24) is 20.5 Å². The lowest BCUT2D eigenvalue weighted by molar-refractivity contribution is -0.122. The lowest BCUT2D eigenvalue weighted by Crippen LogP contribution is -2.30. The number of amides is 1. The number of hydrogen-bond acceptors (Lipinski definition) is 7. The number of thioether (sulfide) groups is 1. The fraction of sp³-hybridized carbons (Fsp3) is 0.250. The zero-order valence-corrected chi connectivity index (χ0v) is 19.8. The molecule has 3 N–H and O–H groups in total. The fourth-order valence-electron chi connectivity index (χ4n) is 2.60. The largest absolute Gasteiger partial charge is 0.484 e. The Morgan fingerprint density at radius 2 is 1.94 bits per heavy atom. The Hall–Kier alpha value is -2.76. The molecule has 0 aliphatic rings. The molecule has 170 valence electrons. The summed E-state index contributed by atoms with van der Waals surface area (Å²) in [7, 11) is -3.78. The highest BCUT2D eigenvalue weighted by molar-refractivity contribution is 7.99. The summed E-state index contributed by atoms with van der Waals surface area (Å²) in [5, 5.41) is 10.7. The number of aromatic nitrogens is 3. The zero-order chi connectivity index (χ0) is 23.1. The Labute approximate surface area is 195 Å². The van der Waals surface area contributed by atoms with Crippen LogP contribution in [0.4, 0.5) is 5.69 Å². The number of carbonyl (C=O) groups is 1. The number of anilines is 1. The van der Waals surface area contributed by atoms with E-state index in [-0.39, 0.29) is 17.4 Å². The SMILES string of the molecule is Cc1nc(SCCNC(=O)COc2ccc(S(=O)(=O)Nc3ccc(Cl)cc3)cc2C)n[nH]1. The van der Waals surface area contributed by atoms with Crippen LogP contribution in [0.5, 0.6) is 5.75 Å². The van der Waals surface area contributed by atoms with Gasteiger partial charge in [-0.15, -0.1) is 5.10 Å². The van der Waals surface area contributed by atoms with Crippen LogP contribution in [0.25, 0.3) is 0 Å². The van der Waals surface area contributed by atoms with E-state index in [1.54, 1.807) is 31.2 Å². The van der Waals surface area contributed by atoms with E-state index in [0.29, 0.717) is 39.5 Å². The molecule has 0 unspecified atom stereocenters. The minimum Gasteiger partial charge on any atom is -0.484 e. The molecule has 9 nitrogen and oxygen atoms in total. The molecule has 2 aromatic carbocycles. The number of aryl methyl sites for hydroxylation is 2. The highest BCUT2D eigenvalue weighted by atomic mass is 35.5. The molecule has 0 atom stereocenters. The van der Waals surface area contributed by atoms with Crippen LogP contribution >= 0.6 is 23.4 Å². The standard InChI is InChI=1S/C20H22ClN5O4S2/c1-13-11-17(32(28,29)26-16-5-3-15(21)4-6-16)7-8-18(13)30-12-19(27)22-9-10-31-20-23-14(2)24-25-20/h3-8,11,26H,9-10,12H2,1-2H3,(H,22,27)(H,23,24,25). The third-order valence-corrected chi connectivity index (χ3v) is 6.62. The van der Waals surface area contributed by atoms with Crippen molar-refractivity contribution in [2.45, 2.75) is 23.9 Å². The van der Waals surface area contributed by atoms with Crippen molar-refractivity contribution >= 4 is 45.0 Å². The second kappa shape index (κ2) is 10.7. The molecular weight excluding hydrogens is 474 g/mol. The predicted octanol–water partition coefficient (Wildman–Crippen LogP) is 3.16. The molecule has 12 heteroatoms. The Morgan fingerprint density at radius 3 is 2.59 bits per heavy atom. The molecule has 0 bridgehead atoms. The number of nitrogens with zero attached hydrogens (tertiary/aromatic N) is 2. The van der Waals surface area contributed by atoms with Crippen molar-refractivity contribution in [2.24, 2.45) is 0 Å². The molecule has 0 aliphatic heterocycles. The van der Waals surface area contributed by atoms with E-state index in [9.17, 15) is 13.2 Å². The lowest BCUT2D eigenvalue weighted by Gasteiger charge is -2.12. The topological polar surface area (TPSA) is 126 Å². The number of nitrogens with one attached hydrogen (secondary N) is 3. The van der Waals surface area contributed by atoms with Gasteiger partial charge in [-0.25, -0.2) is 13.4 Å². The maximum atomic E-state index is 12.6. The Kier molecular flexibility index (Phi) is 7.99. The summed E-state index contributed by atoms with van der Waals surface area (Å²) in [6.07, 6.45) is 0. The minimum atomic E-state index is -3.78. The van der Waals surface area contributed by atoms with E-state index in [4.69, 9.17) is 16.3 Å². The van der Waals surface area contributed by atoms with Crippen LogP contribution in [-0.2, 0) is 14.8 Å². The van der Waals surface area contributed by atoms with Crippen molar-refractivity contribution in [3.63, 3.8) is 0 Å². The van der Waals surface area contributed by atoms with Crippen LogP contribution < -0.4 is 14.8 Å². The lowest BCUT2D eigenvalue weighted by atomic mass is 10.2. The Balaban J connectivity index is 1.48. The molecule has 3 aromatic rings. The summed E-state index contributed by atoms with van der Waals surface area (Å²) in [4.78, 5) is 16.3. The quantitative estimate of drug-likeness (QED) is 0.291. The molecule has 0 aliphatic carbocycles. The van der Waals surface area contributed by atoms with Gasteiger partial charge in [0.25, 0.3) is 15.9 Å². The first kappa shape index (κ1) is 23.9. The molecule has 32 heavy (non-hydrogen) atoms. The van der Waals surface area contributed by atoms with Gasteiger partial charge in [-0.2, -0.15) is 0 Å². The summed E-state index contributed by atoms with van der Waals surface area (Å²) in [6.45, 7) is 3.79. The van der Waals surface area contributed by atoms with Crippen molar-refractivity contribution in [2.75, 3.05) is 23.6 Å². The van der Waals surface area contributed by atoms with Gasteiger partial charge in [-0.3, -0.25) is 14.6 Å². The number of sulfonamides is 1. The van der Waals surface area contributed by atoms with Gasteiger partial charge >= 0.3 is 0 Å². The van der Waals surface area contributed by atoms with Gasteiger partial charge in [0.15, 0.2) is 6.61 Å². The molecule has 0 spiro atoms. The second-order valence-electron chi connectivity index (χ2n) is 6.73. The summed E-state index contributed by atoms with van der Waals surface area (Å²) < 4.78 is 33.2. The van der Waals surface area contributed by atoms with Gasteiger partial charge in [0.1, 0.15) is 11.6 Å². The number of H-pyrrole nitrogens is 1. The number of ether oxygens (including phenoxy) is 1. The highest BCUT2D eigenvalue weighted by Gasteiger charge is 2.16. The maximum absolute atomic E-state index is 12.6. The van der Waals surface area contributed by atoms with Gasteiger partial charge in [-0.05, 0) is 61.9 Å². The Morgan fingerprint density at radius 1 is 1.19 bits per heavy atom. The van der Waals surface area contributed by atoms with E-state index >= 15 is 0 Å². The van der Waals surface area contributed by atoms with Crippen LogP contribution in [0.15, 0.2) is 52.5 Å². The molecule has 1 aromatic heterocycles. The van der Waals surface area contributed by atoms with Crippen molar-refractivity contribution < 1.29 is 17.9 Å². The van der Waals surface area contributed by atoms with Crippen LogP contribution in [0, 0.1) is 13.8 Å². The Bertz CT molecular complexity index is 1180. The molecular formula is C20H22ClN5O4S2. The first-order valence-electron chi connectivity index (χ1n) is 9.53. The maximum Gasteiger partial charge on any atom is 0.261 e. The average Bonchev–Trinajstić information content (AvgIpc) is 3.17. The summed E-state index contributed by atoms with van der Waals surface area (Å²) >= 11 is 7.25. The fourth-order valence-corrected chi connectivity index (χ4v) is 4.56. The zero-order valence-electron chi connectivity index (χ0n) is 17.4. The minimum absolute atomic E-state index is 0.0842. The van der Waals surface area contributed by atoms with Gasteiger partial charge in [0.2, 0.25) is 5.16 Å². The van der Waals surface area contributed by atoms with Crippen molar-refractivity contribution in [1.29, 1.82) is 0 Å². The van der Waals surface area contributed by atoms with Crippen molar-refractivity contribution in [3.8, 4) is 5.75 Å². The molecule has 1 amide bonds. The highest BCUT2D eigenvalue weighted by Crippen LogP contribution is 2.24. The van der Waals surface area contributed by atoms with Gasteiger partial charge in [-0.1, -0.05) is 23.4 Å². The number of halogens is 1. The van der Waals surface area contributed by atoms with E-state index in [1.165, 1.54) is 30.0 Å². The van der Waals surface area contributed by atoms with E-state index in [1.807, 2.05) is 6.92 Å². The van der Waals surface area contributed by atoms with Crippen LogP contribution in [0.1, 0.15) is 11.4 Å². The van der Waals surface area contributed by atoms with Crippen molar-refractivity contribution in [3.05, 3.63) is 58.9 Å². The number of aromatic amines is 1.